The van der Waals surface area contributed by atoms with E-state index in [9.17, 15) is 14.7 Å². The molecule has 0 saturated carbocycles. The van der Waals surface area contributed by atoms with E-state index in [1.165, 1.54) is 0 Å². The third-order valence-electron chi connectivity index (χ3n) is 3.03. The molecule has 0 aromatic rings. The van der Waals surface area contributed by atoms with Gasteiger partial charge in [-0.1, -0.05) is 27.2 Å². The zero-order valence-corrected chi connectivity index (χ0v) is 9.87. The summed E-state index contributed by atoms with van der Waals surface area (Å²) in [6, 6.07) is 0. The Hall–Kier alpha value is -1.06. The minimum absolute atomic E-state index is 0.213. The van der Waals surface area contributed by atoms with Crippen molar-refractivity contribution in [2.75, 3.05) is 6.61 Å². The number of hydrogen-bond donors (Lipinski definition) is 1. The Morgan fingerprint density at radius 1 is 1.33 bits per heavy atom. The zero-order chi connectivity index (χ0) is 12.1. The number of rotatable bonds is 6. The summed E-state index contributed by atoms with van der Waals surface area (Å²) in [6.07, 6.45) is 0.898. The predicted octanol–water partition coefficient (Wildman–Crippen LogP) is 2.08. The summed E-state index contributed by atoms with van der Waals surface area (Å²) in [6.45, 7) is 7.24. The number of aliphatic carboxylic acids is 1. The van der Waals surface area contributed by atoms with Crippen molar-refractivity contribution in [2.24, 2.45) is 11.3 Å². The van der Waals surface area contributed by atoms with Gasteiger partial charge in [-0.25, -0.2) is 0 Å². The van der Waals surface area contributed by atoms with Crippen LogP contribution in [0, 0.1) is 11.3 Å². The van der Waals surface area contributed by atoms with Gasteiger partial charge in [-0.2, -0.15) is 0 Å². The van der Waals surface area contributed by atoms with Gasteiger partial charge in [-0.05, 0) is 19.3 Å². The fourth-order valence-electron chi connectivity index (χ4n) is 1.75. The van der Waals surface area contributed by atoms with Crippen LogP contribution in [-0.2, 0) is 14.3 Å². The second-order valence-electron chi connectivity index (χ2n) is 3.66. The van der Waals surface area contributed by atoms with E-state index in [4.69, 9.17) is 4.74 Å². The molecule has 4 nitrogen and oxygen atoms in total. The minimum Gasteiger partial charge on any atom is -0.480 e. The average Bonchev–Trinajstić information content (AvgIpc) is 2.19. The van der Waals surface area contributed by atoms with Crippen LogP contribution in [0.1, 0.15) is 40.5 Å². The molecule has 0 bridgehead atoms. The molecule has 0 aromatic heterocycles. The van der Waals surface area contributed by atoms with Crippen LogP contribution < -0.4 is 0 Å². The summed E-state index contributed by atoms with van der Waals surface area (Å²) >= 11 is 0. The first-order valence-electron chi connectivity index (χ1n) is 5.37. The summed E-state index contributed by atoms with van der Waals surface area (Å²) in [5, 5.41) is 9.22. The fourth-order valence-corrected chi connectivity index (χ4v) is 1.75. The van der Waals surface area contributed by atoms with Gasteiger partial charge in [0.05, 0.1) is 6.61 Å². The number of carbonyl (C=O) groups excluding carboxylic acids is 1. The largest absolute Gasteiger partial charge is 0.480 e. The van der Waals surface area contributed by atoms with Crippen LogP contribution in [-0.4, -0.2) is 23.7 Å². The Kier molecular flexibility index (Phi) is 5.33. The highest BCUT2D eigenvalue weighted by atomic mass is 16.5. The van der Waals surface area contributed by atoms with Gasteiger partial charge in [0.25, 0.3) is 0 Å². The summed E-state index contributed by atoms with van der Waals surface area (Å²) in [4.78, 5) is 23.0. The van der Waals surface area contributed by atoms with Gasteiger partial charge < -0.3 is 9.84 Å². The molecule has 0 aliphatic heterocycles. The first kappa shape index (κ1) is 13.9. The summed E-state index contributed by atoms with van der Waals surface area (Å²) < 4.78 is 4.86. The van der Waals surface area contributed by atoms with Gasteiger partial charge in [0.1, 0.15) is 0 Å². The maximum Gasteiger partial charge on any atom is 0.323 e. The van der Waals surface area contributed by atoms with E-state index in [1.807, 2.05) is 6.92 Å². The molecule has 0 aliphatic rings. The lowest BCUT2D eigenvalue weighted by Gasteiger charge is -2.31. The second kappa shape index (κ2) is 5.73. The molecular formula is C11H20O4. The average molecular weight is 216 g/mol. The van der Waals surface area contributed by atoms with E-state index in [0.29, 0.717) is 6.42 Å². The SMILES string of the molecule is CCOC(=O)C(CC)(C(=O)O)C(C)CC. The zero-order valence-electron chi connectivity index (χ0n) is 9.87. The number of carbonyl (C=O) groups is 2. The quantitative estimate of drug-likeness (QED) is 0.545. The summed E-state index contributed by atoms with van der Waals surface area (Å²) in [5.74, 6) is -1.92. The van der Waals surface area contributed by atoms with Gasteiger partial charge in [0, 0.05) is 0 Å². The number of carboxylic acid groups (broad SMARTS) is 1. The molecule has 15 heavy (non-hydrogen) atoms. The standard InChI is InChI=1S/C11H20O4/c1-5-8(4)11(6-2,9(12)13)10(14)15-7-3/h8H,5-7H2,1-4H3,(H,12,13). The number of carboxylic acids is 1. The van der Waals surface area contributed by atoms with Gasteiger partial charge in [-0.3, -0.25) is 9.59 Å². The molecule has 1 N–H and O–H groups in total. The predicted molar refractivity (Wildman–Crippen MR) is 56.4 cm³/mol. The van der Waals surface area contributed by atoms with Gasteiger partial charge in [-0.15, -0.1) is 0 Å². The van der Waals surface area contributed by atoms with Crippen molar-refractivity contribution < 1.29 is 19.4 Å². The van der Waals surface area contributed by atoms with Crippen molar-refractivity contribution in [3.05, 3.63) is 0 Å². The number of ether oxygens (including phenoxy) is 1. The minimum atomic E-state index is -1.38. The van der Waals surface area contributed by atoms with Crippen molar-refractivity contribution >= 4 is 11.9 Å². The van der Waals surface area contributed by atoms with E-state index in [0.717, 1.165) is 0 Å². The molecule has 2 unspecified atom stereocenters. The van der Waals surface area contributed by atoms with Gasteiger partial charge >= 0.3 is 11.9 Å². The number of esters is 1. The topological polar surface area (TPSA) is 63.6 Å². The Bertz CT molecular complexity index is 237. The van der Waals surface area contributed by atoms with E-state index in [2.05, 4.69) is 0 Å². The van der Waals surface area contributed by atoms with Crippen LogP contribution >= 0.6 is 0 Å². The molecule has 4 heteroatoms. The Labute approximate surface area is 90.6 Å². The molecule has 0 saturated heterocycles. The van der Waals surface area contributed by atoms with Crippen LogP contribution in [0.4, 0.5) is 0 Å². The highest BCUT2D eigenvalue weighted by Gasteiger charge is 2.49. The normalized spacial score (nSPS) is 16.5. The van der Waals surface area contributed by atoms with E-state index < -0.39 is 17.4 Å². The first-order chi connectivity index (χ1) is 6.97. The molecule has 88 valence electrons. The molecule has 0 aromatic carbocycles. The molecular weight excluding hydrogens is 196 g/mol. The van der Waals surface area contributed by atoms with Crippen LogP contribution in [0.5, 0.6) is 0 Å². The molecule has 2 atom stereocenters. The Balaban J connectivity index is 5.15. The van der Waals surface area contributed by atoms with E-state index >= 15 is 0 Å². The fraction of sp³-hybridized carbons (Fsp3) is 0.818. The molecule has 0 amide bonds. The summed E-state index contributed by atoms with van der Waals surface area (Å²) in [7, 11) is 0. The highest BCUT2D eigenvalue weighted by molar-refractivity contribution is 5.99. The molecule has 0 rings (SSSR count). The second-order valence-corrected chi connectivity index (χ2v) is 3.66. The third-order valence-corrected chi connectivity index (χ3v) is 3.03. The van der Waals surface area contributed by atoms with Crippen LogP contribution in [0.3, 0.4) is 0 Å². The first-order valence-corrected chi connectivity index (χ1v) is 5.37. The van der Waals surface area contributed by atoms with E-state index in [1.54, 1.807) is 20.8 Å². The molecule has 0 radical (unpaired) electrons. The maximum absolute atomic E-state index is 11.7. The molecule has 0 aliphatic carbocycles. The highest BCUT2D eigenvalue weighted by Crippen LogP contribution is 2.35. The lowest BCUT2D eigenvalue weighted by atomic mass is 9.73. The third kappa shape index (κ3) is 2.49. The van der Waals surface area contributed by atoms with Crippen molar-refractivity contribution in [3.63, 3.8) is 0 Å². The smallest absolute Gasteiger partial charge is 0.323 e. The maximum atomic E-state index is 11.7. The lowest BCUT2D eigenvalue weighted by Crippen LogP contribution is -2.45. The van der Waals surface area contributed by atoms with Crippen molar-refractivity contribution in [3.8, 4) is 0 Å². The molecule has 0 fully saturated rings. The van der Waals surface area contributed by atoms with Gasteiger partial charge in [0.2, 0.25) is 0 Å². The van der Waals surface area contributed by atoms with E-state index in [-0.39, 0.29) is 18.9 Å². The Morgan fingerprint density at radius 3 is 2.13 bits per heavy atom. The van der Waals surface area contributed by atoms with Gasteiger partial charge in [0.15, 0.2) is 5.41 Å². The van der Waals surface area contributed by atoms with Crippen LogP contribution in [0.25, 0.3) is 0 Å². The monoisotopic (exact) mass is 216 g/mol. The lowest BCUT2D eigenvalue weighted by molar-refractivity contribution is -0.173. The van der Waals surface area contributed by atoms with Crippen LogP contribution in [0.2, 0.25) is 0 Å². The summed E-state index contributed by atoms with van der Waals surface area (Å²) in [5.41, 5.74) is -1.38. The van der Waals surface area contributed by atoms with Crippen molar-refractivity contribution in [2.45, 2.75) is 40.5 Å². The molecule has 0 spiro atoms. The van der Waals surface area contributed by atoms with Crippen molar-refractivity contribution in [1.29, 1.82) is 0 Å². The molecule has 0 heterocycles. The Morgan fingerprint density at radius 2 is 1.87 bits per heavy atom. The van der Waals surface area contributed by atoms with Crippen LogP contribution in [0.15, 0.2) is 0 Å². The number of hydrogen-bond acceptors (Lipinski definition) is 3. The van der Waals surface area contributed by atoms with Crippen molar-refractivity contribution in [1.82, 2.24) is 0 Å².